The predicted octanol–water partition coefficient (Wildman–Crippen LogP) is 2.18. The third-order valence-electron chi connectivity index (χ3n) is 2.71. The highest BCUT2D eigenvalue weighted by Crippen LogP contribution is 2.27. The Balaban J connectivity index is 1.80. The van der Waals surface area contributed by atoms with E-state index in [4.69, 9.17) is 0 Å². The molecule has 1 aliphatic rings. The molecule has 0 unspecified atom stereocenters. The van der Waals surface area contributed by atoms with Crippen molar-refractivity contribution in [2.24, 2.45) is 5.92 Å². The van der Waals surface area contributed by atoms with Crippen LogP contribution in [0.25, 0.3) is 0 Å². The Bertz CT molecular complexity index is 438. The zero-order valence-electron chi connectivity index (χ0n) is 10.3. The molecule has 0 radical (unpaired) electrons. The van der Waals surface area contributed by atoms with Gasteiger partial charge in [0, 0.05) is 24.8 Å². The summed E-state index contributed by atoms with van der Waals surface area (Å²) in [6.45, 7) is 2.20. The fraction of sp³-hybridized carbons (Fsp3) is 0.385. The van der Waals surface area contributed by atoms with Crippen molar-refractivity contribution in [1.82, 2.24) is 5.32 Å². The molecule has 3 N–H and O–H groups in total. The van der Waals surface area contributed by atoms with Crippen LogP contribution >= 0.6 is 0 Å². The molecule has 0 bridgehead atoms. The second-order valence-corrected chi connectivity index (χ2v) is 4.54. The van der Waals surface area contributed by atoms with Gasteiger partial charge in [-0.3, -0.25) is 4.79 Å². The molecule has 0 aromatic heterocycles. The molecule has 1 fully saturated rings. The van der Waals surface area contributed by atoms with E-state index in [9.17, 15) is 9.59 Å². The first-order valence-electron chi connectivity index (χ1n) is 6.06. The molecule has 18 heavy (non-hydrogen) atoms. The summed E-state index contributed by atoms with van der Waals surface area (Å²) in [5.41, 5.74) is 1.42. The molecule has 0 spiro atoms. The summed E-state index contributed by atoms with van der Waals surface area (Å²) < 4.78 is 0. The van der Waals surface area contributed by atoms with Gasteiger partial charge in [-0.15, -0.1) is 0 Å². The van der Waals surface area contributed by atoms with Crippen molar-refractivity contribution in [2.75, 3.05) is 17.2 Å². The lowest BCUT2D eigenvalue weighted by molar-refractivity contribution is -0.114. The van der Waals surface area contributed by atoms with Crippen molar-refractivity contribution in [2.45, 2.75) is 19.8 Å². The number of benzene rings is 1. The lowest BCUT2D eigenvalue weighted by atomic mass is 10.3. The highest BCUT2D eigenvalue weighted by molar-refractivity contribution is 5.91. The Morgan fingerprint density at radius 1 is 1.11 bits per heavy atom. The van der Waals surface area contributed by atoms with Crippen molar-refractivity contribution in [3.63, 3.8) is 0 Å². The van der Waals surface area contributed by atoms with E-state index >= 15 is 0 Å². The molecule has 5 nitrogen and oxygen atoms in total. The third-order valence-corrected chi connectivity index (χ3v) is 2.71. The SMILES string of the molecule is CC(=O)Nc1ccc(NC(=O)NCC2CC2)cc1. The quantitative estimate of drug-likeness (QED) is 0.763. The topological polar surface area (TPSA) is 70.2 Å². The van der Waals surface area contributed by atoms with Crippen LogP contribution in [0.4, 0.5) is 16.2 Å². The molecular formula is C13H17N3O2. The van der Waals surface area contributed by atoms with Gasteiger partial charge >= 0.3 is 6.03 Å². The number of carbonyl (C=O) groups is 2. The van der Waals surface area contributed by atoms with E-state index in [-0.39, 0.29) is 11.9 Å². The van der Waals surface area contributed by atoms with Crippen LogP contribution in [-0.2, 0) is 4.79 Å². The maximum Gasteiger partial charge on any atom is 0.319 e. The molecule has 3 amide bonds. The highest BCUT2D eigenvalue weighted by atomic mass is 16.2. The summed E-state index contributed by atoms with van der Waals surface area (Å²) in [4.78, 5) is 22.4. The standard InChI is InChI=1S/C13H17N3O2/c1-9(17)15-11-4-6-12(7-5-11)16-13(18)14-8-10-2-3-10/h4-7,10H,2-3,8H2,1H3,(H,15,17)(H2,14,16,18). The van der Waals surface area contributed by atoms with Crippen LogP contribution in [0.15, 0.2) is 24.3 Å². The van der Waals surface area contributed by atoms with Crippen molar-refractivity contribution in [1.29, 1.82) is 0 Å². The Morgan fingerprint density at radius 2 is 1.67 bits per heavy atom. The van der Waals surface area contributed by atoms with E-state index in [1.165, 1.54) is 19.8 Å². The van der Waals surface area contributed by atoms with Crippen molar-refractivity contribution in [3.8, 4) is 0 Å². The molecule has 2 rings (SSSR count). The lowest BCUT2D eigenvalue weighted by Gasteiger charge is -2.08. The molecule has 0 heterocycles. The third kappa shape index (κ3) is 4.08. The number of hydrogen-bond acceptors (Lipinski definition) is 2. The monoisotopic (exact) mass is 247 g/mol. The minimum absolute atomic E-state index is 0.113. The van der Waals surface area contributed by atoms with Crippen LogP contribution in [0.5, 0.6) is 0 Å². The van der Waals surface area contributed by atoms with Gasteiger partial charge in [-0.1, -0.05) is 0 Å². The van der Waals surface area contributed by atoms with E-state index in [0.717, 1.165) is 6.54 Å². The van der Waals surface area contributed by atoms with Crippen molar-refractivity contribution in [3.05, 3.63) is 24.3 Å². The Hall–Kier alpha value is -2.04. The molecular weight excluding hydrogens is 230 g/mol. The van der Waals surface area contributed by atoms with Crippen molar-refractivity contribution >= 4 is 23.3 Å². The minimum Gasteiger partial charge on any atom is -0.338 e. The average Bonchev–Trinajstić information content (AvgIpc) is 3.12. The summed E-state index contributed by atoms with van der Waals surface area (Å²) >= 11 is 0. The second kappa shape index (κ2) is 5.53. The van der Waals surface area contributed by atoms with Crippen molar-refractivity contribution < 1.29 is 9.59 Å². The minimum atomic E-state index is -0.186. The number of urea groups is 1. The molecule has 1 saturated carbocycles. The summed E-state index contributed by atoms with van der Waals surface area (Å²) in [5.74, 6) is 0.552. The van der Waals surface area contributed by atoms with E-state index in [1.807, 2.05) is 0 Å². The van der Waals surface area contributed by atoms with Gasteiger partial charge in [-0.2, -0.15) is 0 Å². The fourth-order valence-electron chi connectivity index (χ4n) is 1.57. The van der Waals surface area contributed by atoms with Crippen LogP contribution in [-0.4, -0.2) is 18.5 Å². The number of anilines is 2. The second-order valence-electron chi connectivity index (χ2n) is 4.54. The average molecular weight is 247 g/mol. The molecule has 1 aromatic rings. The van der Waals surface area contributed by atoms with E-state index < -0.39 is 0 Å². The number of nitrogens with one attached hydrogen (secondary N) is 3. The van der Waals surface area contributed by atoms with Gasteiger partial charge in [0.05, 0.1) is 0 Å². The number of hydrogen-bond donors (Lipinski definition) is 3. The molecule has 96 valence electrons. The molecule has 0 atom stereocenters. The molecule has 5 heteroatoms. The van der Waals surface area contributed by atoms with E-state index in [0.29, 0.717) is 17.3 Å². The maximum absolute atomic E-state index is 11.5. The first-order chi connectivity index (χ1) is 8.63. The number of amides is 3. The Kier molecular flexibility index (Phi) is 3.82. The number of rotatable bonds is 4. The van der Waals surface area contributed by atoms with E-state index in [2.05, 4.69) is 16.0 Å². The summed E-state index contributed by atoms with van der Waals surface area (Å²) in [7, 11) is 0. The Morgan fingerprint density at radius 3 is 2.17 bits per heavy atom. The van der Waals surface area contributed by atoms with Gasteiger partial charge < -0.3 is 16.0 Å². The lowest BCUT2D eigenvalue weighted by Crippen LogP contribution is -2.30. The van der Waals surface area contributed by atoms with Gasteiger partial charge in [0.25, 0.3) is 0 Å². The smallest absolute Gasteiger partial charge is 0.319 e. The van der Waals surface area contributed by atoms with Gasteiger partial charge in [0.15, 0.2) is 0 Å². The fourth-order valence-corrected chi connectivity index (χ4v) is 1.57. The normalized spacial score (nSPS) is 13.8. The predicted molar refractivity (Wildman–Crippen MR) is 70.5 cm³/mol. The zero-order chi connectivity index (χ0) is 13.0. The van der Waals surface area contributed by atoms with Crippen LogP contribution in [0.2, 0.25) is 0 Å². The summed E-state index contributed by atoms with van der Waals surface area (Å²) in [5, 5.41) is 8.23. The van der Waals surface area contributed by atoms with Crippen LogP contribution < -0.4 is 16.0 Å². The highest BCUT2D eigenvalue weighted by Gasteiger charge is 2.21. The summed E-state index contributed by atoms with van der Waals surface area (Å²) in [6.07, 6.45) is 2.43. The van der Waals surface area contributed by atoms with Crippen LogP contribution in [0.1, 0.15) is 19.8 Å². The zero-order valence-corrected chi connectivity index (χ0v) is 10.3. The van der Waals surface area contributed by atoms with Crippen LogP contribution in [0.3, 0.4) is 0 Å². The van der Waals surface area contributed by atoms with Gasteiger partial charge in [0.2, 0.25) is 5.91 Å². The molecule has 0 aliphatic heterocycles. The van der Waals surface area contributed by atoms with Gasteiger partial charge in [-0.05, 0) is 43.0 Å². The van der Waals surface area contributed by atoms with Gasteiger partial charge in [-0.25, -0.2) is 4.79 Å². The summed E-state index contributed by atoms with van der Waals surface area (Å²) in [6, 6.07) is 6.81. The largest absolute Gasteiger partial charge is 0.338 e. The molecule has 1 aromatic carbocycles. The molecule has 1 aliphatic carbocycles. The first kappa shape index (κ1) is 12.4. The van der Waals surface area contributed by atoms with E-state index in [1.54, 1.807) is 24.3 Å². The van der Waals surface area contributed by atoms with Gasteiger partial charge in [0.1, 0.15) is 0 Å². The maximum atomic E-state index is 11.5. The van der Waals surface area contributed by atoms with Crippen LogP contribution in [0, 0.1) is 5.92 Å². The Labute approximate surface area is 106 Å². The molecule has 0 saturated heterocycles. The number of carbonyl (C=O) groups excluding carboxylic acids is 2. The first-order valence-corrected chi connectivity index (χ1v) is 6.06.